The van der Waals surface area contributed by atoms with Gasteiger partial charge in [-0.25, -0.2) is 0 Å². The lowest BCUT2D eigenvalue weighted by Crippen LogP contribution is -2.59. The van der Waals surface area contributed by atoms with Gasteiger partial charge < -0.3 is 24.5 Å². The van der Waals surface area contributed by atoms with Crippen LogP contribution in [0.3, 0.4) is 0 Å². The van der Waals surface area contributed by atoms with E-state index in [1.807, 2.05) is 122 Å². The number of carbonyl (C=O) groups is 3. The van der Waals surface area contributed by atoms with Crippen LogP contribution in [0.25, 0.3) is 0 Å². The molecule has 7 rings (SSSR count). The summed E-state index contributed by atoms with van der Waals surface area (Å²) in [6.07, 6.45) is 8.47. The molecule has 1 spiro atoms. The van der Waals surface area contributed by atoms with Crippen LogP contribution < -0.4 is 4.90 Å². The van der Waals surface area contributed by atoms with Crippen LogP contribution in [0.5, 0.6) is 0 Å². The van der Waals surface area contributed by atoms with Gasteiger partial charge in [-0.2, -0.15) is 0 Å². The zero-order valence-electron chi connectivity index (χ0n) is 25.9. The Morgan fingerprint density at radius 2 is 1.41 bits per heavy atom. The number of aliphatic hydroxyl groups excluding tert-OH is 1. The second-order valence-corrected chi connectivity index (χ2v) is 12.7. The first-order valence-corrected chi connectivity index (χ1v) is 16.1. The minimum absolute atomic E-state index is 0.205. The largest absolute Gasteiger partial charge is 0.394 e. The van der Waals surface area contributed by atoms with Gasteiger partial charge in [0.05, 0.1) is 30.1 Å². The molecule has 3 aromatic carbocycles. The summed E-state index contributed by atoms with van der Waals surface area (Å²) in [5, 5.41) is 10.8. The quantitative estimate of drug-likeness (QED) is 0.384. The number of hydrogen-bond acceptors (Lipinski definition) is 5. The average Bonchev–Trinajstić information content (AvgIpc) is 3.39. The number of fused-ring (bicyclic) bond motifs is 2. The Bertz CT molecular complexity index is 1660. The summed E-state index contributed by atoms with van der Waals surface area (Å²) in [7, 11) is 0. The summed E-state index contributed by atoms with van der Waals surface area (Å²) in [4.78, 5) is 49.6. The predicted octanol–water partition coefficient (Wildman–Crippen LogP) is 4.15. The molecule has 0 bridgehead atoms. The average molecular weight is 618 g/mol. The number of amides is 3. The Labute approximate surface area is 269 Å². The highest BCUT2D eigenvalue weighted by Gasteiger charge is 2.76. The van der Waals surface area contributed by atoms with E-state index in [0.29, 0.717) is 32.5 Å². The maximum absolute atomic E-state index is 15.0. The molecule has 1 unspecified atom stereocenters. The van der Waals surface area contributed by atoms with Gasteiger partial charge in [0, 0.05) is 25.3 Å². The van der Waals surface area contributed by atoms with Crippen LogP contribution in [0.15, 0.2) is 115 Å². The van der Waals surface area contributed by atoms with Crippen molar-refractivity contribution < 1.29 is 24.2 Å². The number of carbonyl (C=O) groups excluding carboxylic acids is 3. The predicted molar refractivity (Wildman–Crippen MR) is 174 cm³/mol. The van der Waals surface area contributed by atoms with Gasteiger partial charge in [0.15, 0.2) is 0 Å². The van der Waals surface area contributed by atoms with Crippen molar-refractivity contribution in [2.45, 2.75) is 49.6 Å². The second-order valence-electron chi connectivity index (χ2n) is 12.7. The highest BCUT2D eigenvalue weighted by molar-refractivity contribution is 6.04. The highest BCUT2D eigenvalue weighted by Crippen LogP contribution is 2.59. The summed E-state index contributed by atoms with van der Waals surface area (Å²) in [5.74, 6) is -2.62. The zero-order chi connectivity index (χ0) is 31.9. The molecule has 3 aromatic rings. The molecule has 4 aliphatic rings. The lowest BCUT2D eigenvalue weighted by Gasteiger charge is -2.41. The summed E-state index contributed by atoms with van der Waals surface area (Å²) in [6, 6.07) is 27.1. The number of nitrogens with zero attached hydrogens (tertiary/aromatic N) is 3. The number of benzene rings is 3. The molecular weight excluding hydrogens is 578 g/mol. The van der Waals surface area contributed by atoms with Crippen LogP contribution in [0, 0.1) is 11.8 Å². The lowest BCUT2D eigenvalue weighted by atomic mass is 9.73. The molecule has 0 saturated carbocycles. The number of likely N-dealkylation sites (tertiary alicyclic amines) is 1. The lowest BCUT2D eigenvalue weighted by molar-refractivity contribution is -0.155. The number of para-hydroxylation sites is 1. The van der Waals surface area contributed by atoms with Gasteiger partial charge in [-0.1, -0.05) is 110 Å². The number of rotatable bonds is 8. The molecule has 6 atom stereocenters. The summed E-state index contributed by atoms with van der Waals surface area (Å²) in [5.41, 5.74) is 0.158. The Morgan fingerprint density at radius 3 is 2.07 bits per heavy atom. The maximum Gasteiger partial charge on any atom is 0.249 e. The first kappa shape index (κ1) is 30.1. The first-order chi connectivity index (χ1) is 22.4. The molecule has 4 heterocycles. The number of hydrogen-bond donors (Lipinski definition) is 1. The molecule has 0 aromatic heterocycles. The maximum atomic E-state index is 15.0. The SMILES string of the molecule is CC[C@@]12C=CCN(c3ccccc3)C(=O)[C@@H]1[C@H]1C(=O)N([C@@H](CO)Cc3ccccc3)C3C(=O)N(Cc4ccccc4)CC=C[C@@]31O2. The molecule has 236 valence electrons. The van der Waals surface area contributed by atoms with Crippen LogP contribution in [0.4, 0.5) is 5.69 Å². The smallest absolute Gasteiger partial charge is 0.249 e. The van der Waals surface area contributed by atoms with Crippen molar-refractivity contribution in [3.05, 3.63) is 126 Å². The van der Waals surface area contributed by atoms with Gasteiger partial charge >= 0.3 is 0 Å². The molecule has 3 amide bonds. The van der Waals surface area contributed by atoms with E-state index < -0.39 is 35.1 Å². The molecule has 0 radical (unpaired) electrons. The molecule has 1 N–H and O–H groups in total. The van der Waals surface area contributed by atoms with E-state index >= 15 is 4.79 Å². The van der Waals surface area contributed by atoms with Gasteiger partial charge in [0.1, 0.15) is 11.6 Å². The molecule has 2 fully saturated rings. The normalized spacial score (nSPS) is 29.3. The summed E-state index contributed by atoms with van der Waals surface area (Å²) < 4.78 is 7.13. The fourth-order valence-electron chi connectivity index (χ4n) is 8.06. The summed E-state index contributed by atoms with van der Waals surface area (Å²) in [6.45, 7) is 2.65. The van der Waals surface area contributed by atoms with Crippen LogP contribution in [0.2, 0.25) is 0 Å². The van der Waals surface area contributed by atoms with Crippen LogP contribution in [-0.4, -0.2) is 75.6 Å². The fourth-order valence-corrected chi connectivity index (χ4v) is 8.06. The van der Waals surface area contributed by atoms with Gasteiger partial charge in [0.25, 0.3) is 0 Å². The molecule has 8 heteroatoms. The van der Waals surface area contributed by atoms with Crippen molar-refractivity contribution in [1.82, 2.24) is 9.80 Å². The Hall–Kier alpha value is -4.53. The van der Waals surface area contributed by atoms with Crippen LogP contribution in [0.1, 0.15) is 24.5 Å². The number of aliphatic hydroxyl groups is 1. The Morgan fingerprint density at radius 1 is 0.783 bits per heavy atom. The second kappa shape index (κ2) is 12.0. The Kier molecular flexibility index (Phi) is 7.87. The van der Waals surface area contributed by atoms with E-state index in [0.717, 1.165) is 16.8 Å². The van der Waals surface area contributed by atoms with Gasteiger partial charge in [-0.15, -0.1) is 0 Å². The Balaban J connectivity index is 1.36. The van der Waals surface area contributed by atoms with E-state index in [1.54, 1.807) is 14.7 Å². The molecule has 0 aliphatic carbocycles. The minimum atomic E-state index is -1.40. The summed E-state index contributed by atoms with van der Waals surface area (Å²) >= 11 is 0. The topological polar surface area (TPSA) is 90.4 Å². The van der Waals surface area contributed by atoms with E-state index in [1.165, 1.54) is 0 Å². The van der Waals surface area contributed by atoms with Crippen molar-refractivity contribution in [1.29, 1.82) is 0 Å². The van der Waals surface area contributed by atoms with Gasteiger partial charge in [0.2, 0.25) is 17.7 Å². The monoisotopic (exact) mass is 617 g/mol. The van der Waals surface area contributed by atoms with Crippen LogP contribution >= 0.6 is 0 Å². The number of anilines is 1. The van der Waals surface area contributed by atoms with Crippen molar-refractivity contribution in [2.75, 3.05) is 24.6 Å². The standard InChI is InChI=1S/C38H39N3O5/c1-2-37-20-12-23-40(29-18-10-5-11-19-29)34(43)31(37)32-35(44)41(30(26-42)24-27-14-6-3-7-15-27)33-36(45)39(22-13-21-38(32,33)46-37)25-28-16-8-4-9-17-28/h3-21,30-33,42H,2,22-26H2,1H3/t30-,31+,32+,33?,37-,38+/m1/s1. The third-order valence-corrected chi connectivity index (χ3v) is 10.2. The van der Waals surface area contributed by atoms with E-state index in [-0.39, 0.29) is 24.3 Å². The third kappa shape index (κ3) is 4.79. The van der Waals surface area contributed by atoms with Gasteiger partial charge in [-0.05, 0) is 36.1 Å². The molecular formula is C38H39N3O5. The molecule has 8 nitrogen and oxygen atoms in total. The van der Waals surface area contributed by atoms with E-state index in [4.69, 9.17) is 4.74 Å². The van der Waals surface area contributed by atoms with Crippen LogP contribution in [-0.2, 0) is 32.1 Å². The molecule has 4 aliphatic heterocycles. The van der Waals surface area contributed by atoms with E-state index in [2.05, 4.69) is 0 Å². The minimum Gasteiger partial charge on any atom is -0.394 e. The van der Waals surface area contributed by atoms with Crippen molar-refractivity contribution in [3.63, 3.8) is 0 Å². The first-order valence-electron chi connectivity index (χ1n) is 16.1. The molecule has 2 saturated heterocycles. The highest BCUT2D eigenvalue weighted by atomic mass is 16.5. The van der Waals surface area contributed by atoms with Crippen molar-refractivity contribution in [3.8, 4) is 0 Å². The van der Waals surface area contributed by atoms with Crippen molar-refractivity contribution in [2.24, 2.45) is 11.8 Å². The van der Waals surface area contributed by atoms with Gasteiger partial charge in [-0.3, -0.25) is 14.4 Å². The third-order valence-electron chi connectivity index (χ3n) is 10.2. The zero-order valence-corrected chi connectivity index (χ0v) is 25.9. The fraction of sp³-hybridized carbons (Fsp3) is 0.342. The van der Waals surface area contributed by atoms with E-state index in [9.17, 15) is 14.7 Å². The number of ether oxygens (including phenoxy) is 1. The molecule has 46 heavy (non-hydrogen) atoms. The van der Waals surface area contributed by atoms with Crippen molar-refractivity contribution >= 4 is 23.4 Å².